The number of amides is 2. The number of carbonyl (C=O) groups is 2. The second-order valence-corrected chi connectivity index (χ2v) is 13.9. The summed E-state index contributed by atoms with van der Waals surface area (Å²) in [5.41, 5.74) is 4.89. The van der Waals surface area contributed by atoms with Crippen molar-refractivity contribution in [3.8, 4) is 17.6 Å². The Bertz CT molecular complexity index is 2060. The topological polar surface area (TPSA) is 116 Å². The highest BCUT2D eigenvalue weighted by Gasteiger charge is 2.23. The number of aryl methyl sites for hydroxylation is 1. The lowest BCUT2D eigenvalue weighted by Crippen LogP contribution is -2.31. The monoisotopic (exact) mass is 665 g/mol. The normalized spacial score (nSPS) is 14.9. The van der Waals surface area contributed by atoms with Crippen LogP contribution in [0.1, 0.15) is 78.4 Å². The number of allylic oxidation sites excluding steroid dienone is 2. The number of sulfonamides is 1. The molecule has 9 nitrogen and oxygen atoms in total. The SMILES string of the molecule is COc1cc(C(=O)NS(=O)(=O)c2ccccc2C#CC2=CCCCC2)ccc1Cc1cn(C)c2ccc(NC(=O)OC3CCCC3)cc12. The molecule has 2 aliphatic carbocycles. The van der Waals surface area contributed by atoms with E-state index < -0.39 is 22.0 Å². The lowest BCUT2D eigenvalue weighted by molar-refractivity contribution is 0.0980. The number of ether oxygens (including phenoxy) is 2. The zero-order valence-electron chi connectivity index (χ0n) is 27.2. The van der Waals surface area contributed by atoms with Crippen LogP contribution >= 0.6 is 0 Å². The number of hydrogen-bond acceptors (Lipinski definition) is 6. The van der Waals surface area contributed by atoms with Gasteiger partial charge in [-0.25, -0.2) is 17.9 Å². The molecule has 4 aromatic rings. The van der Waals surface area contributed by atoms with Crippen molar-refractivity contribution in [2.75, 3.05) is 12.4 Å². The zero-order chi connectivity index (χ0) is 33.7. The van der Waals surface area contributed by atoms with Crippen LogP contribution in [0.5, 0.6) is 5.75 Å². The first kappa shape index (κ1) is 32.9. The van der Waals surface area contributed by atoms with E-state index in [4.69, 9.17) is 9.47 Å². The summed E-state index contributed by atoms with van der Waals surface area (Å²) in [7, 11) is -0.752. The van der Waals surface area contributed by atoms with E-state index in [-0.39, 0.29) is 16.6 Å². The predicted molar refractivity (Wildman–Crippen MR) is 186 cm³/mol. The molecule has 6 rings (SSSR count). The molecule has 1 saturated carbocycles. The number of nitrogens with one attached hydrogen (secondary N) is 2. The van der Waals surface area contributed by atoms with Gasteiger partial charge in [-0.15, -0.1) is 0 Å². The second-order valence-electron chi connectivity index (χ2n) is 12.3. The van der Waals surface area contributed by atoms with E-state index in [1.54, 1.807) is 36.4 Å². The van der Waals surface area contributed by atoms with E-state index >= 15 is 0 Å². The molecule has 1 fully saturated rings. The van der Waals surface area contributed by atoms with Gasteiger partial charge in [0.25, 0.3) is 15.9 Å². The third-order valence-electron chi connectivity index (χ3n) is 8.88. The van der Waals surface area contributed by atoms with Gasteiger partial charge < -0.3 is 14.0 Å². The summed E-state index contributed by atoms with van der Waals surface area (Å²) in [5, 5.41) is 3.81. The van der Waals surface area contributed by atoms with Crippen molar-refractivity contribution >= 4 is 38.6 Å². The number of fused-ring (bicyclic) bond motifs is 1. The van der Waals surface area contributed by atoms with E-state index in [9.17, 15) is 18.0 Å². The Morgan fingerprint density at radius 1 is 0.958 bits per heavy atom. The quantitative estimate of drug-likeness (QED) is 0.192. The Kier molecular flexibility index (Phi) is 9.88. The van der Waals surface area contributed by atoms with Gasteiger partial charge in [0.05, 0.1) is 7.11 Å². The van der Waals surface area contributed by atoms with Crippen LogP contribution in [0.25, 0.3) is 10.9 Å². The number of methoxy groups -OCH3 is 1. The highest BCUT2D eigenvalue weighted by molar-refractivity contribution is 7.90. The minimum Gasteiger partial charge on any atom is -0.496 e. The average molecular weight is 666 g/mol. The van der Waals surface area contributed by atoms with E-state index in [0.29, 0.717) is 23.4 Å². The molecule has 1 heterocycles. The van der Waals surface area contributed by atoms with Gasteiger partial charge in [0.1, 0.15) is 16.7 Å². The van der Waals surface area contributed by atoms with Crippen molar-refractivity contribution in [1.82, 2.24) is 9.29 Å². The van der Waals surface area contributed by atoms with Gasteiger partial charge in [-0.2, -0.15) is 0 Å². The van der Waals surface area contributed by atoms with Gasteiger partial charge in [0, 0.05) is 47.4 Å². The minimum atomic E-state index is -4.21. The maximum Gasteiger partial charge on any atom is 0.411 e. The first-order valence-electron chi connectivity index (χ1n) is 16.3. The van der Waals surface area contributed by atoms with Crippen LogP contribution in [0.15, 0.2) is 83.4 Å². The molecule has 2 aliphatic rings. The van der Waals surface area contributed by atoms with Gasteiger partial charge in [0.2, 0.25) is 0 Å². The van der Waals surface area contributed by atoms with Gasteiger partial charge in [-0.05, 0) is 111 Å². The molecular formula is C38H39N3O6S. The average Bonchev–Trinajstić information content (AvgIpc) is 3.71. The fourth-order valence-corrected chi connectivity index (χ4v) is 7.51. The fourth-order valence-electron chi connectivity index (χ4n) is 6.37. The Morgan fingerprint density at radius 3 is 2.54 bits per heavy atom. The predicted octanol–water partition coefficient (Wildman–Crippen LogP) is 7.24. The van der Waals surface area contributed by atoms with Crippen molar-refractivity contribution in [2.45, 2.75) is 68.8 Å². The summed E-state index contributed by atoms with van der Waals surface area (Å²) < 4.78 is 42.2. The van der Waals surface area contributed by atoms with Gasteiger partial charge in [-0.1, -0.05) is 36.1 Å². The van der Waals surface area contributed by atoms with E-state index in [0.717, 1.165) is 79.0 Å². The van der Waals surface area contributed by atoms with Crippen molar-refractivity contribution < 1.29 is 27.5 Å². The van der Waals surface area contributed by atoms with Crippen LogP contribution in [-0.2, 0) is 28.2 Å². The molecule has 48 heavy (non-hydrogen) atoms. The van der Waals surface area contributed by atoms with E-state index in [2.05, 4.69) is 28.0 Å². The molecule has 0 unspecified atom stereocenters. The first-order valence-corrected chi connectivity index (χ1v) is 17.8. The minimum absolute atomic E-state index is 0.0298. The van der Waals surface area contributed by atoms with Crippen molar-refractivity contribution in [3.63, 3.8) is 0 Å². The van der Waals surface area contributed by atoms with Crippen molar-refractivity contribution in [2.24, 2.45) is 7.05 Å². The molecule has 0 aliphatic heterocycles. The molecule has 0 atom stereocenters. The van der Waals surface area contributed by atoms with E-state index in [1.165, 1.54) is 13.2 Å². The molecule has 0 bridgehead atoms. The lowest BCUT2D eigenvalue weighted by atomic mass is 10.00. The number of rotatable bonds is 8. The summed E-state index contributed by atoms with van der Waals surface area (Å²) in [5.74, 6) is 5.77. The van der Waals surface area contributed by atoms with Crippen LogP contribution in [0.2, 0.25) is 0 Å². The number of aromatic nitrogens is 1. The van der Waals surface area contributed by atoms with Gasteiger partial charge in [-0.3, -0.25) is 10.1 Å². The molecule has 3 aromatic carbocycles. The molecule has 2 N–H and O–H groups in total. The standard InChI is InChI=1S/C38H39N3O6S/c1-41-25-30(33-24-31(20-21-34(33)41)39-38(43)47-32-13-7-8-14-32)22-28-18-19-29(23-35(28)46-2)37(42)40-48(44,45)36-15-9-6-12-27(36)17-16-26-10-4-3-5-11-26/h6,9-10,12,15,18-21,23-25,32H,3-5,7-8,11,13-14,22H2,1-2H3,(H,39,43)(H,40,42). The smallest absolute Gasteiger partial charge is 0.411 e. The Hall–Kier alpha value is -5.01. The molecule has 0 radical (unpaired) electrons. The third-order valence-corrected chi connectivity index (χ3v) is 10.3. The van der Waals surface area contributed by atoms with Crippen molar-refractivity contribution in [1.29, 1.82) is 0 Å². The molecule has 2 amide bonds. The highest BCUT2D eigenvalue weighted by atomic mass is 32.2. The Labute approximate surface area is 281 Å². The Balaban J connectivity index is 1.19. The summed E-state index contributed by atoms with van der Waals surface area (Å²) >= 11 is 0. The maximum atomic E-state index is 13.4. The van der Waals surface area contributed by atoms with Gasteiger partial charge >= 0.3 is 6.09 Å². The number of hydrogen-bond donors (Lipinski definition) is 2. The summed E-state index contributed by atoms with van der Waals surface area (Å²) in [4.78, 5) is 25.7. The molecule has 248 valence electrons. The molecular weight excluding hydrogens is 627 g/mol. The number of nitrogens with zero attached hydrogens (tertiary/aromatic N) is 1. The maximum absolute atomic E-state index is 13.4. The molecule has 0 saturated heterocycles. The summed E-state index contributed by atoms with van der Waals surface area (Å²) in [6, 6.07) is 17.0. The van der Waals surface area contributed by atoms with Crippen LogP contribution in [0.3, 0.4) is 0 Å². The van der Waals surface area contributed by atoms with Crippen LogP contribution in [-0.4, -0.2) is 38.2 Å². The number of benzene rings is 3. The molecule has 1 aromatic heterocycles. The highest BCUT2D eigenvalue weighted by Crippen LogP contribution is 2.30. The Morgan fingerprint density at radius 2 is 1.77 bits per heavy atom. The lowest BCUT2D eigenvalue weighted by Gasteiger charge is -2.13. The first-order chi connectivity index (χ1) is 23.2. The van der Waals surface area contributed by atoms with Crippen LogP contribution < -0.4 is 14.8 Å². The fraction of sp³-hybridized carbons (Fsp3) is 0.316. The summed E-state index contributed by atoms with van der Waals surface area (Å²) in [6.45, 7) is 0. The zero-order valence-corrected chi connectivity index (χ0v) is 28.0. The van der Waals surface area contributed by atoms with Crippen LogP contribution in [0.4, 0.5) is 10.5 Å². The summed E-state index contributed by atoms with van der Waals surface area (Å²) in [6.07, 6.45) is 12.1. The van der Waals surface area contributed by atoms with E-state index in [1.807, 2.05) is 36.0 Å². The molecule has 10 heteroatoms. The van der Waals surface area contributed by atoms with Gasteiger partial charge in [0.15, 0.2) is 0 Å². The molecule has 0 spiro atoms. The van der Waals surface area contributed by atoms with Crippen molar-refractivity contribution in [3.05, 3.63) is 101 Å². The number of carbonyl (C=O) groups excluding carboxylic acids is 2. The second kappa shape index (κ2) is 14.4. The largest absolute Gasteiger partial charge is 0.496 e. The van der Waals surface area contributed by atoms with Crippen LogP contribution in [0, 0.1) is 11.8 Å². The third kappa shape index (κ3) is 7.58. The number of anilines is 1.